The van der Waals surface area contributed by atoms with Crippen molar-refractivity contribution >= 4 is 53.0 Å². The molecule has 17 heteroatoms. The Morgan fingerprint density at radius 3 is 1.52 bits per heavy atom. The molecule has 1 atom stereocenters. The standard InChI is InChI=1S/C27H38N6O10S/c34-23(35)15-29-5-7-30(16-24(36)37)9-11-32(18-26(40)41)22(13-20-1-3-21(4-2-20)28-19-44)14-33(27(42)43)12-10-31(8-6-29)17-25(38)39/h1-4,22H,5-18H2,(H,34,35)(H,36,37)(H,38,39)(H,40,41)(H,42,43). The van der Waals surface area contributed by atoms with Gasteiger partial charge in [0.2, 0.25) is 0 Å². The molecule has 0 aromatic heterocycles. The molecule has 5 N–H and O–H groups in total. The Morgan fingerprint density at radius 1 is 0.682 bits per heavy atom. The molecule has 44 heavy (non-hydrogen) atoms. The second kappa shape index (κ2) is 18.6. The highest BCUT2D eigenvalue weighted by atomic mass is 32.1. The molecule has 1 saturated heterocycles. The Morgan fingerprint density at radius 2 is 1.11 bits per heavy atom. The maximum Gasteiger partial charge on any atom is 0.407 e. The number of aliphatic carboxylic acids is 4. The van der Waals surface area contributed by atoms with E-state index in [9.17, 15) is 49.5 Å². The first-order valence-corrected chi connectivity index (χ1v) is 14.2. The van der Waals surface area contributed by atoms with E-state index < -0.39 is 49.1 Å². The summed E-state index contributed by atoms with van der Waals surface area (Å²) in [5.41, 5.74) is 1.32. The van der Waals surface area contributed by atoms with Gasteiger partial charge in [0, 0.05) is 64.9 Å². The zero-order chi connectivity index (χ0) is 32.6. The summed E-state index contributed by atoms with van der Waals surface area (Å²) in [4.78, 5) is 70.2. The van der Waals surface area contributed by atoms with Crippen molar-refractivity contribution in [1.29, 1.82) is 0 Å². The molecule has 1 aliphatic heterocycles. The molecule has 1 amide bonds. The van der Waals surface area contributed by atoms with Gasteiger partial charge in [0.25, 0.3) is 0 Å². The molecule has 1 unspecified atom stereocenters. The number of benzene rings is 1. The number of nitrogens with zero attached hydrogens (tertiary/aromatic N) is 6. The largest absolute Gasteiger partial charge is 0.480 e. The molecule has 0 saturated carbocycles. The van der Waals surface area contributed by atoms with Crippen LogP contribution in [0.2, 0.25) is 0 Å². The van der Waals surface area contributed by atoms with Crippen LogP contribution in [0.4, 0.5) is 10.5 Å². The molecule has 16 nitrogen and oxygen atoms in total. The molecule has 1 heterocycles. The highest BCUT2D eigenvalue weighted by Crippen LogP contribution is 2.17. The van der Waals surface area contributed by atoms with E-state index in [1.54, 1.807) is 39.0 Å². The number of rotatable bonds is 11. The third-order valence-electron chi connectivity index (χ3n) is 7.07. The van der Waals surface area contributed by atoms with Crippen molar-refractivity contribution in [3.05, 3.63) is 29.8 Å². The Labute approximate surface area is 259 Å². The van der Waals surface area contributed by atoms with E-state index in [1.165, 1.54) is 4.90 Å². The van der Waals surface area contributed by atoms with E-state index in [0.29, 0.717) is 5.69 Å². The lowest BCUT2D eigenvalue weighted by molar-refractivity contribution is -0.141. The van der Waals surface area contributed by atoms with E-state index in [0.717, 1.165) is 10.5 Å². The second-order valence-electron chi connectivity index (χ2n) is 10.3. The van der Waals surface area contributed by atoms with Crippen LogP contribution in [0.25, 0.3) is 0 Å². The first kappa shape index (κ1) is 36.2. The zero-order valence-corrected chi connectivity index (χ0v) is 25.0. The SMILES string of the molecule is O=C(O)CN1CCN(CC(=O)O)CCN(C(=O)O)CC(Cc2ccc(N=C=S)cc2)N(CC(=O)O)CCN(CC(=O)O)CC1. The van der Waals surface area contributed by atoms with Crippen LogP contribution in [0.5, 0.6) is 0 Å². The highest BCUT2D eigenvalue weighted by molar-refractivity contribution is 7.78. The summed E-state index contributed by atoms with van der Waals surface area (Å²) in [7, 11) is 0. The predicted octanol–water partition coefficient (Wildman–Crippen LogP) is -0.128. The summed E-state index contributed by atoms with van der Waals surface area (Å²) < 4.78 is 0. The third kappa shape index (κ3) is 14.0. The number of carboxylic acid groups (broad SMARTS) is 5. The summed E-state index contributed by atoms with van der Waals surface area (Å²) in [5, 5.41) is 50.4. The number of thiocarbonyl (C=S) groups is 1. The molecule has 0 radical (unpaired) electrons. The van der Waals surface area contributed by atoms with Gasteiger partial charge in [0.1, 0.15) is 0 Å². The number of carbonyl (C=O) groups is 5. The van der Waals surface area contributed by atoms with Crippen LogP contribution in [0, 0.1) is 0 Å². The van der Waals surface area contributed by atoms with Gasteiger partial charge < -0.3 is 30.4 Å². The van der Waals surface area contributed by atoms with Gasteiger partial charge in [0.05, 0.1) is 37.0 Å². The lowest BCUT2D eigenvalue weighted by atomic mass is 10.0. The first-order valence-electron chi connectivity index (χ1n) is 13.8. The van der Waals surface area contributed by atoms with Crippen LogP contribution >= 0.6 is 12.2 Å². The normalized spacial score (nSPS) is 18.8. The summed E-state index contributed by atoms with van der Waals surface area (Å²) in [6, 6.07) is 6.24. The van der Waals surface area contributed by atoms with Gasteiger partial charge in [-0.25, -0.2) is 4.79 Å². The topological polar surface area (TPSA) is 215 Å². The van der Waals surface area contributed by atoms with Crippen molar-refractivity contribution in [2.75, 3.05) is 85.1 Å². The maximum atomic E-state index is 12.3. The number of aliphatic imine (C=N–C) groups is 1. The minimum Gasteiger partial charge on any atom is -0.480 e. The first-order chi connectivity index (χ1) is 20.9. The predicted molar refractivity (Wildman–Crippen MR) is 160 cm³/mol. The van der Waals surface area contributed by atoms with Gasteiger partial charge in [-0.1, -0.05) is 12.1 Å². The average Bonchev–Trinajstić information content (AvgIpc) is 2.93. The van der Waals surface area contributed by atoms with E-state index in [2.05, 4.69) is 22.4 Å². The minimum atomic E-state index is -1.28. The fourth-order valence-corrected chi connectivity index (χ4v) is 5.01. The molecule has 1 aromatic rings. The lowest BCUT2D eigenvalue weighted by Crippen LogP contribution is -2.52. The average molecular weight is 639 g/mol. The molecule has 242 valence electrons. The Kier molecular flexibility index (Phi) is 15.3. The number of isothiocyanates is 1. The summed E-state index contributed by atoms with van der Waals surface area (Å²) in [5.74, 6) is -4.55. The van der Waals surface area contributed by atoms with Crippen LogP contribution in [0.3, 0.4) is 0 Å². The third-order valence-corrected chi connectivity index (χ3v) is 7.16. The second-order valence-corrected chi connectivity index (χ2v) is 10.5. The summed E-state index contributed by atoms with van der Waals surface area (Å²) >= 11 is 4.64. The summed E-state index contributed by atoms with van der Waals surface area (Å²) in [6.07, 6.45) is -1.04. The maximum absolute atomic E-state index is 12.3. The van der Waals surface area contributed by atoms with Crippen molar-refractivity contribution < 1.29 is 49.5 Å². The smallest absolute Gasteiger partial charge is 0.407 e. The number of hydrogen-bond donors (Lipinski definition) is 5. The van der Waals surface area contributed by atoms with Crippen molar-refractivity contribution in [3.8, 4) is 0 Å². The Balaban J connectivity index is 2.50. The molecule has 0 bridgehead atoms. The van der Waals surface area contributed by atoms with Crippen LogP contribution in [0.15, 0.2) is 29.3 Å². The van der Waals surface area contributed by atoms with E-state index >= 15 is 0 Å². The lowest BCUT2D eigenvalue weighted by Gasteiger charge is -2.35. The van der Waals surface area contributed by atoms with Crippen LogP contribution < -0.4 is 0 Å². The highest BCUT2D eigenvalue weighted by Gasteiger charge is 2.28. The molecular formula is C27H38N6O10S. The Hall–Kier alpha value is -3.99. The van der Waals surface area contributed by atoms with Gasteiger partial charge in [-0.15, -0.1) is 0 Å². The van der Waals surface area contributed by atoms with Crippen molar-refractivity contribution in [2.45, 2.75) is 12.5 Å². The molecule has 2 rings (SSSR count). The molecule has 0 aliphatic carbocycles. The van der Waals surface area contributed by atoms with Crippen LogP contribution in [0.1, 0.15) is 5.56 Å². The quantitative estimate of drug-likeness (QED) is 0.158. The molecule has 1 fully saturated rings. The fourth-order valence-electron chi connectivity index (χ4n) is 4.91. The number of carboxylic acids is 4. The van der Waals surface area contributed by atoms with Gasteiger partial charge in [0.15, 0.2) is 0 Å². The number of amides is 1. The Bertz CT molecular complexity index is 1200. The van der Waals surface area contributed by atoms with Gasteiger partial charge in [-0.2, -0.15) is 4.99 Å². The van der Waals surface area contributed by atoms with Gasteiger partial charge >= 0.3 is 30.0 Å². The fraction of sp³-hybridized carbons (Fsp3) is 0.556. The van der Waals surface area contributed by atoms with E-state index in [-0.39, 0.29) is 78.4 Å². The van der Waals surface area contributed by atoms with Crippen molar-refractivity contribution in [1.82, 2.24) is 24.5 Å². The minimum absolute atomic E-state index is 0.0284. The summed E-state index contributed by atoms with van der Waals surface area (Å²) in [6.45, 7) is -1.05. The van der Waals surface area contributed by atoms with Gasteiger partial charge in [-0.3, -0.25) is 38.8 Å². The van der Waals surface area contributed by atoms with E-state index in [1.807, 2.05) is 0 Å². The number of hydrogen-bond acceptors (Lipinski definition) is 11. The van der Waals surface area contributed by atoms with Crippen LogP contribution in [-0.4, -0.2) is 176 Å². The van der Waals surface area contributed by atoms with Crippen molar-refractivity contribution in [3.63, 3.8) is 0 Å². The van der Waals surface area contributed by atoms with Crippen molar-refractivity contribution in [2.24, 2.45) is 4.99 Å². The zero-order valence-electron chi connectivity index (χ0n) is 24.2. The molecule has 1 aromatic carbocycles. The van der Waals surface area contributed by atoms with Crippen LogP contribution in [-0.2, 0) is 25.6 Å². The van der Waals surface area contributed by atoms with Gasteiger partial charge in [-0.05, 0) is 36.3 Å². The molecular weight excluding hydrogens is 600 g/mol. The molecule has 1 aliphatic rings. The molecule has 0 spiro atoms. The monoisotopic (exact) mass is 638 g/mol. The van der Waals surface area contributed by atoms with E-state index in [4.69, 9.17) is 0 Å².